The molecule has 5 heteroatoms. The SMILES string of the molecule is Cc1csc(N2N=C(c3ccc(Cl)cc3)C[C@@H]2c2ccc(C(C)C)cc2)n1. The predicted molar refractivity (Wildman–Crippen MR) is 115 cm³/mol. The van der Waals surface area contributed by atoms with Gasteiger partial charge < -0.3 is 0 Å². The van der Waals surface area contributed by atoms with Crippen LogP contribution in [0, 0.1) is 6.92 Å². The number of hydrogen-bond donors (Lipinski definition) is 0. The van der Waals surface area contributed by atoms with E-state index in [4.69, 9.17) is 16.7 Å². The van der Waals surface area contributed by atoms with Crippen LogP contribution >= 0.6 is 22.9 Å². The summed E-state index contributed by atoms with van der Waals surface area (Å²) in [4.78, 5) is 4.67. The molecular weight excluding hydrogens is 374 g/mol. The molecule has 138 valence electrons. The van der Waals surface area contributed by atoms with Crippen LogP contribution in [0.25, 0.3) is 0 Å². The number of hydrazone groups is 1. The van der Waals surface area contributed by atoms with Crippen molar-refractivity contribution in [3.63, 3.8) is 0 Å². The lowest BCUT2D eigenvalue weighted by Gasteiger charge is -2.21. The van der Waals surface area contributed by atoms with Gasteiger partial charge in [0.25, 0.3) is 0 Å². The number of hydrogen-bond acceptors (Lipinski definition) is 4. The summed E-state index contributed by atoms with van der Waals surface area (Å²) >= 11 is 7.69. The number of rotatable bonds is 4. The molecule has 4 rings (SSSR count). The number of benzene rings is 2. The van der Waals surface area contributed by atoms with E-state index in [1.165, 1.54) is 11.1 Å². The highest BCUT2D eigenvalue weighted by Gasteiger charge is 2.31. The van der Waals surface area contributed by atoms with Crippen LogP contribution in [0.2, 0.25) is 5.02 Å². The molecule has 0 N–H and O–H groups in total. The zero-order valence-corrected chi connectivity index (χ0v) is 17.3. The van der Waals surface area contributed by atoms with Crippen LogP contribution in [0.1, 0.15) is 54.6 Å². The Bertz CT molecular complexity index is 958. The van der Waals surface area contributed by atoms with Gasteiger partial charge in [-0.2, -0.15) is 5.10 Å². The van der Waals surface area contributed by atoms with Crippen LogP contribution in [0.5, 0.6) is 0 Å². The molecule has 0 saturated carbocycles. The number of halogens is 1. The molecule has 1 aromatic heterocycles. The van der Waals surface area contributed by atoms with Crippen molar-refractivity contribution >= 4 is 33.8 Å². The Kier molecular flexibility index (Phi) is 5.02. The highest BCUT2D eigenvalue weighted by molar-refractivity contribution is 7.13. The largest absolute Gasteiger partial charge is 0.231 e. The van der Waals surface area contributed by atoms with Crippen molar-refractivity contribution in [2.75, 3.05) is 5.01 Å². The van der Waals surface area contributed by atoms with Gasteiger partial charge in [-0.05, 0) is 41.7 Å². The first-order valence-corrected chi connectivity index (χ1v) is 10.4. The van der Waals surface area contributed by atoms with Gasteiger partial charge in [-0.3, -0.25) is 0 Å². The second-order valence-electron chi connectivity index (χ2n) is 7.21. The van der Waals surface area contributed by atoms with E-state index in [1.54, 1.807) is 11.3 Å². The fourth-order valence-electron chi connectivity index (χ4n) is 3.31. The lowest BCUT2D eigenvalue weighted by molar-refractivity contribution is 0.704. The van der Waals surface area contributed by atoms with E-state index in [9.17, 15) is 0 Å². The molecule has 3 aromatic rings. The van der Waals surface area contributed by atoms with Gasteiger partial charge in [-0.1, -0.05) is 61.8 Å². The third-order valence-electron chi connectivity index (χ3n) is 4.88. The number of aryl methyl sites for hydroxylation is 1. The summed E-state index contributed by atoms with van der Waals surface area (Å²) in [6.07, 6.45) is 0.848. The molecule has 1 aliphatic heterocycles. The molecule has 27 heavy (non-hydrogen) atoms. The fourth-order valence-corrected chi connectivity index (χ4v) is 4.24. The molecule has 0 bridgehead atoms. The molecule has 0 aliphatic carbocycles. The molecule has 2 heterocycles. The average molecular weight is 396 g/mol. The van der Waals surface area contributed by atoms with E-state index in [1.807, 2.05) is 31.2 Å². The Morgan fingerprint density at radius 1 is 1.07 bits per heavy atom. The summed E-state index contributed by atoms with van der Waals surface area (Å²) in [6, 6.07) is 17.0. The first kappa shape index (κ1) is 18.2. The lowest BCUT2D eigenvalue weighted by Crippen LogP contribution is -2.18. The summed E-state index contributed by atoms with van der Waals surface area (Å²) < 4.78 is 0. The van der Waals surface area contributed by atoms with E-state index in [0.717, 1.165) is 33.5 Å². The topological polar surface area (TPSA) is 28.5 Å². The van der Waals surface area contributed by atoms with Crippen molar-refractivity contribution < 1.29 is 0 Å². The van der Waals surface area contributed by atoms with Crippen LogP contribution in [0.3, 0.4) is 0 Å². The summed E-state index contributed by atoms with van der Waals surface area (Å²) in [5.41, 5.74) is 5.82. The zero-order valence-electron chi connectivity index (χ0n) is 15.7. The second-order valence-corrected chi connectivity index (χ2v) is 8.48. The molecule has 0 unspecified atom stereocenters. The van der Waals surface area contributed by atoms with Gasteiger partial charge in [-0.25, -0.2) is 9.99 Å². The minimum atomic E-state index is 0.155. The van der Waals surface area contributed by atoms with E-state index in [-0.39, 0.29) is 6.04 Å². The highest BCUT2D eigenvalue weighted by atomic mass is 35.5. The molecule has 1 aliphatic rings. The molecule has 0 radical (unpaired) electrons. The van der Waals surface area contributed by atoms with Gasteiger partial charge >= 0.3 is 0 Å². The zero-order chi connectivity index (χ0) is 19.0. The Balaban J connectivity index is 1.70. The molecule has 3 nitrogen and oxygen atoms in total. The highest BCUT2D eigenvalue weighted by Crippen LogP contribution is 2.38. The predicted octanol–water partition coefficient (Wildman–Crippen LogP) is 6.58. The number of anilines is 1. The van der Waals surface area contributed by atoms with Crippen molar-refractivity contribution in [2.24, 2.45) is 5.10 Å². The van der Waals surface area contributed by atoms with Crippen molar-refractivity contribution in [3.05, 3.63) is 81.3 Å². The molecule has 0 saturated heterocycles. The van der Waals surface area contributed by atoms with Crippen LogP contribution in [0.15, 0.2) is 59.0 Å². The molecular formula is C22H22ClN3S. The number of thiazole rings is 1. The average Bonchev–Trinajstić information content (AvgIpc) is 3.29. The third kappa shape index (κ3) is 3.78. The van der Waals surface area contributed by atoms with Crippen LogP contribution < -0.4 is 5.01 Å². The normalized spacial score (nSPS) is 16.9. The van der Waals surface area contributed by atoms with Crippen LogP contribution in [0.4, 0.5) is 5.13 Å². The van der Waals surface area contributed by atoms with Crippen LogP contribution in [-0.2, 0) is 0 Å². The maximum absolute atomic E-state index is 6.05. The standard InChI is InChI=1S/C22H22ClN3S/c1-14(2)16-4-6-18(7-5-16)21-12-20(17-8-10-19(23)11-9-17)25-26(21)22-24-15(3)13-27-22/h4-11,13-14,21H,12H2,1-3H3/t21-/m1/s1. The fraction of sp³-hybridized carbons (Fsp3) is 0.273. The summed E-state index contributed by atoms with van der Waals surface area (Å²) in [5, 5.41) is 10.8. The number of aromatic nitrogens is 1. The van der Waals surface area contributed by atoms with E-state index in [2.05, 4.69) is 53.5 Å². The van der Waals surface area contributed by atoms with Gasteiger partial charge in [0.05, 0.1) is 17.4 Å². The smallest absolute Gasteiger partial charge is 0.206 e. The maximum Gasteiger partial charge on any atom is 0.206 e. The van der Waals surface area contributed by atoms with Crippen molar-refractivity contribution in [1.82, 2.24) is 4.98 Å². The van der Waals surface area contributed by atoms with E-state index in [0.29, 0.717) is 5.92 Å². The monoisotopic (exact) mass is 395 g/mol. The minimum Gasteiger partial charge on any atom is -0.231 e. The molecule has 0 fully saturated rings. The Hall–Kier alpha value is -2.17. The van der Waals surface area contributed by atoms with Gasteiger partial charge in [0.15, 0.2) is 0 Å². The van der Waals surface area contributed by atoms with Gasteiger partial charge in [0.1, 0.15) is 0 Å². The Morgan fingerprint density at radius 2 is 1.78 bits per heavy atom. The minimum absolute atomic E-state index is 0.155. The maximum atomic E-state index is 6.05. The quantitative estimate of drug-likeness (QED) is 0.498. The first-order valence-electron chi connectivity index (χ1n) is 9.16. The molecule has 0 amide bonds. The Labute approximate surface area is 169 Å². The van der Waals surface area contributed by atoms with Gasteiger partial charge in [-0.15, -0.1) is 11.3 Å². The first-order chi connectivity index (χ1) is 13.0. The molecule has 0 spiro atoms. The summed E-state index contributed by atoms with van der Waals surface area (Å²) in [5.74, 6) is 0.529. The van der Waals surface area contributed by atoms with Gasteiger partial charge in [0, 0.05) is 16.8 Å². The van der Waals surface area contributed by atoms with Gasteiger partial charge in [0.2, 0.25) is 5.13 Å². The van der Waals surface area contributed by atoms with E-state index < -0.39 is 0 Å². The lowest BCUT2D eigenvalue weighted by atomic mass is 9.95. The molecule has 2 aromatic carbocycles. The van der Waals surface area contributed by atoms with E-state index >= 15 is 0 Å². The summed E-state index contributed by atoms with van der Waals surface area (Å²) in [7, 11) is 0. The van der Waals surface area contributed by atoms with Crippen molar-refractivity contribution in [2.45, 2.75) is 39.2 Å². The summed E-state index contributed by atoms with van der Waals surface area (Å²) in [6.45, 7) is 6.46. The van der Waals surface area contributed by atoms with Crippen LogP contribution in [-0.4, -0.2) is 10.7 Å². The third-order valence-corrected chi connectivity index (χ3v) is 6.08. The van der Waals surface area contributed by atoms with Crippen molar-refractivity contribution in [1.29, 1.82) is 0 Å². The second kappa shape index (κ2) is 7.45. The Morgan fingerprint density at radius 3 is 2.37 bits per heavy atom. The molecule has 1 atom stereocenters. The van der Waals surface area contributed by atoms with Crippen molar-refractivity contribution in [3.8, 4) is 0 Å². The number of nitrogens with zero attached hydrogens (tertiary/aromatic N) is 3.